The zero-order chi connectivity index (χ0) is 17.1. The van der Waals surface area contributed by atoms with Crippen LogP contribution < -0.4 is 10.2 Å². The Morgan fingerprint density at radius 3 is 2.50 bits per heavy atom. The predicted molar refractivity (Wildman–Crippen MR) is 95.3 cm³/mol. The number of anilines is 2. The van der Waals surface area contributed by atoms with E-state index in [4.69, 9.17) is 0 Å². The average molecular weight is 325 g/mol. The predicted octanol–water partition coefficient (Wildman–Crippen LogP) is 2.84. The van der Waals surface area contributed by atoms with Gasteiger partial charge in [-0.1, -0.05) is 17.7 Å². The Morgan fingerprint density at radius 2 is 1.83 bits per heavy atom. The van der Waals surface area contributed by atoms with E-state index in [0.717, 1.165) is 30.3 Å². The first-order valence-corrected chi connectivity index (χ1v) is 8.21. The van der Waals surface area contributed by atoms with Crippen LogP contribution in [-0.4, -0.2) is 46.6 Å². The number of hydrogen-bond donors (Lipinski definition) is 1. The van der Waals surface area contributed by atoms with Gasteiger partial charge in [-0.2, -0.15) is 0 Å². The fourth-order valence-corrected chi connectivity index (χ4v) is 2.99. The molecule has 1 aromatic heterocycles. The number of carbonyl (C=O) groups is 1. The molecule has 1 fully saturated rings. The molecule has 2 aromatic rings. The summed E-state index contributed by atoms with van der Waals surface area (Å²) in [6.45, 7) is 8.22. The monoisotopic (exact) mass is 325 g/mol. The molecule has 1 N–H and O–H groups in total. The number of urea groups is 1. The molecule has 2 heterocycles. The maximum atomic E-state index is 12.5. The molecule has 1 aliphatic rings. The molecule has 0 aliphatic carbocycles. The summed E-state index contributed by atoms with van der Waals surface area (Å²) < 4.78 is 0. The van der Waals surface area contributed by atoms with Crippen molar-refractivity contribution in [2.75, 3.05) is 29.9 Å². The second-order valence-electron chi connectivity index (χ2n) is 6.25. The number of aryl methyl sites for hydroxylation is 2. The lowest BCUT2D eigenvalue weighted by Crippen LogP contribution is -2.55. The van der Waals surface area contributed by atoms with Gasteiger partial charge in [0.2, 0.25) is 0 Å². The van der Waals surface area contributed by atoms with Gasteiger partial charge in [-0.25, -0.2) is 9.78 Å². The maximum Gasteiger partial charge on any atom is 0.322 e. The fraction of sp³-hybridized carbons (Fsp3) is 0.389. The molecule has 1 unspecified atom stereocenters. The number of benzene rings is 1. The van der Waals surface area contributed by atoms with Crippen LogP contribution in [0.3, 0.4) is 0 Å². The normalized spacial score (nSPS) is 17.7. The van der Waals surface area contributed by atoms with Gasteiger partial charge in [0, 0.05) is 43.8 Å². The Hall–Kier alpha value is -2.63. The SMILES string of the molecule is Cc1ccc(NC(=O)N2CCN(c3nccnc3C)CC2C)cc1. The lowest BCUT2D eigenvalue weighted by molar-refractivity contribution is 0.184. The lowest BCUT2D eigenvalue weighted by Gasteiger charge is -2.40. The number of amides is 2. The minimum atomic E-state index is -0.0538. The van der Waals surface area contributed by atoms with Crippen LogP contribution in [0, 0.1) is 13.8 Å². The highest BCUT2D eigenvalue weighted by atomic mass is 16.2. The molecule has 0 saturated carbocycles. The van der Waals surface area contributed by atoms with Crippen molar-refractivity contribution < 1.29 is 4.79 Å². The Balaban J connectivity index is 1.64. The summed E-state index contributed by atoms with van der Waals surface area (Å²) in [6.07, 6.45) is 3.41. The molecular weight excluding hydrogens is 302 g/mol. The van der Waals surface area contributed by atoms with Crippen molar-refractivity contribution in [3.8, 4) is 0 Å². The standard InChI is InChI=1S/C18H23N5O/c1-13-4-6-16(7-5-13)21-18(24)23-11-10-22(12-14(23)2)17-15(3)19-8-9-20-17/h4-9,14H,10-12H2,1-3H3,(H,21,24). The van der Waals surface area contributed by atoms with E-state index in [2.05, 4.69) is 27.1 Å². The van der Waals surface area contributed by atoms with Gasteiger partial charge in [-0.3, -0.25) is 4.98 Å². The first-order chi connectivity index (χ1) is 11.5. The summed E-state index contributed by atoms with van der Waals surface area (Å²) in [5.74, 6) is 0.906. The summed E-state index contributed by atoms with van der Waals surface area (Å²) >= 11 is 0. The Morgan fingerprint density at radius 1 is 1.12 bits per heavy atom. The first kappa shape index (κ1) is 16.2. The van der Waals surface area contributed by atoms with Gasteiger partial charge in [0.15, 0.2) is 0 Å². The smallest absolute Gasteiger partial charge is 0.322 e. The number of nitrogens with zero attached hydrogens (tertiary/aromatic N) is 4. The van der Waals surface area contributed by atoms with E-state index in [1.165, 1.54) is 5.56 Å². The summed E-state index contributed by atoms with van der Waals surface area (Å²) in [7, 11) is 0. The number of carbonyl (C=O) groups excluding carboxylic acids is 1. The number of aromatic nitrogens is 2. The van der Waals surface area contributed by atoms with Crippen molar-refractivity contribution in [1.82, 2.24) is 14.9 Å². The third-order valence-corrected chi connectivity index (χ3v) is 4.35. The highest BCUT2D eigenvalue weighted by molar-refractivity contribution is 5.89. The number of hydrogen-bond acceptors (Lipinski definition) is 4. The Labute approximate surface area is 142 Å². The van der Waals surface area contributed by atoms with Gasteiger partial charge in [-0.05, 0) is 32.9 Å². The molecule has 1 saturated heterocycles. The van der Waals surface area contributed by atoms with E-state index in [1.54, 1.807) is 12.4 Å². The fourth-order valence-electron chi connectivity index (χ4n) is 2.99. The van der Waals surface area contributed by atoms with E-state index < -0.39 is 0 Å². The highest BCUT2D eigenvalue weighted by Gasteiger charge is 2.28. The molecule has 1 aromatic carbocycles. The zero-order valence-corrected chi connectivity index (χ0v) is 14.4. The third-order valence-electron chi connectivity index (χ3n) is 4.35. The van der Waals surface area contributed by atoms with E-state index in [-0.39, 0.29) is 12.1 Å². The van der Waals surface area contributed by atoms with Gasteiger partial charge in [0.25, 0.3) is 0 Å². The number of rotatable bonds is 2. The van der Waals surface area contributed by atoms with Crippen LogP contribution in [0.1, 0.15) is 18.2 Å². The van der Waals surface area contributed by atoms with Gasteiger partial charge >= 0.3 is 6.03 Å². The minimum Gasteiger partial charge on any atom is -0.351 e. The second-order valence-corrected chi connectivity index (χ2v) is 6.25. The lowest BCUT2D eigenvalue weighted by atomic mass is 10.2. The number of piperazine rings is 1. The first-order valence-electron chi connectivity index (χ1n) is 8.21. The van der Waals surface area contributed by atoms with Crippen molar-refractivity contribution in [1.29, 1.82) is 0 Å². The van der Waals surface area contributed by atoms with Crippen molar-refractivity contribution in [3.05, 3.63) is 47.9 Å². The number of nitrogens with one attached hydrogen (secondary N) is 1. The molecule has 6 nitrogen and oxygen atoms in total. The van der Waals surface area contributed by atoms with Crippen molar-refractivity contribution in [2.45, 2.75) is 26.8 Å². The van der Waals surface area contributed by atoms with Gasteiger partial charge in [0.05, 0.1) is 5.69 Å². The van der Waals surface area contributed by atoms with Crippen molar-refractivity contribution >= 4 is 17.5 Å². The van der Waals surface area contributed by atoms with Gasteiger partial charge in [-0.15, -0.1) is 0 Å². The molecule has 1 aliphatic heterocycles. The van der Waals surface area contributed by atoms with Crippen LogP contribution in [0.4, 0.5) is 16.3 Å². The molecule has 0 bridgehead atoms. The van der Waals surface area contributed by atoms with E-state index in [1.807, 2.05) is 43.0 Å². The quantitative estimate of drug-likeness (QED) is 0.922. The van der Waals surface area contributed by atoms with Crippen LogP contribution in [0.2, 0.25) is 0 Å². The van der Waals surface area contributed by atoms with Crippen molar-refractivity contribution in [3.63, 3.8) is 0 Å². The van der Waals surface area contributed by atoms with Crippen LogP contribution in [0.5, 0.6) is 0 Å². The van der Waals surface area contributed by atoms with E-state index in [9.17, 15) is 4.79 Å². The minimum absolute atomic E-state index is 0.0538. The van der Waals surface area contributed by atoms with Crippen LogP contribution in [0.15, 0.2) is 36.7 Å². The second kappa shape index (κ2) is 6.86. The van der Waals surface area contributed by atoms with Crippen molar-refractivity contribution in [2.24, 2.45) is 0 Å². The Bertz CT molecular complexity index is 716. The maximum absolute atomic E-state index is 12.5. The molecule has 0 radical (unpaired) electrons. The average Bonchev–Trinajstić information content (AvgIpc) is 2.57. The molecule has 126 valence electrons. The summed E-state index contributed by atoms with van der Waals surface area (Å²) in [6, 6.07) is 7.89. The van der Waals surface area contributed by atoms with E-state index in [0.29, 0.717) is 6.54 Å². The summed E-state index contributed by atoms with van der Waals surface area (Å²) in [4.78, 5) is 25.3. The molecular formula is C18H23N5O. The molecule has 2 amide bonds. The molecule has 0 spiro atoms. The zero-order valence-electron chi connectivity index (χ0n) is 14.4. The Kier molecular flexibility index (Phi) is 4.64. The topological polar surface area (TPSA) is 61.4 Å². The van der Waals surface area contributed by atoms with Crippen LogP contribution >= 0.6 is 0 Å². The van der Waals surface area contributed by atoms with Gasteiger partial charge in [0.1, 0.15) is 5.82 Å². The third kappa shape index (κ3) is 3.48. The van der Waals surface area contributed by atoms with Crippen LogP contribution in [-0.2, 0) is 0 Å². The molecule has 24 heavy (non-hydrogen) atoms. The summed E-state index contributed by atoms with van der Waals surface area (Å²) in [5.41, 5.74) is 2.92. The molecule has 3 rings (SSSR count). The molecule has 6 heteroatoms. The molecule has 1 atom stereocenters. The van der Waals surface area contributed by atoms with Gasteiger partial charge < -0.3 is 15.1 Å². The highest BCUT2D eigenvalue weighted by Crippen LogP contribution is 2.20. The largest absolute Gasteiger partial charge is 0.351 e. The summed E-state index contributed by atoms with van der Waals surface area (Å²) in [5, 5.41) is 2.98. The van der Waals surface area contributed by atoms with E-state index >= 15 is 0 Å². The van der Waals surface area contributed by atoms with Crippen LogP contribution in [0.25, 0.3) is 0 Å².